The van der Waals surface area contributed by atoms with Crippen molar-refractivity contribution in [2.24, 2.45) is 0 Å². The van der Waals surface area contributed by atoms with Gasteiger partial charge in [0.2, 0.25) is 0 Å². The molecule has 0 spiro atoms. The lowest BCUT2D eigenvalue weighted by Crippen LogP contribution is -2.29. The Kier molecular flexibility index (Phi) is 5.95. The highest BCUT2D eigenvalue weighted by Gasteiger charge is 2.46. The Balaban J connectivity index is 1.84. The SMILES string of the molecule is Cc1ccc(C(O)=C2C(=O)C(=O)N(Cc3ccccc3)[C@H]2c2ccc(C(C)C)cc2)cc1. The molecule has 1 saturated heterocycles. The minimum Gasteiger partial charge on any atom is -0.507 e. The lowest BCUT2D eigenvalue weighted by molar-refractivity contribution is -0.140. The number of aliphatic hydroxyl groups is 1. The lowest BCUT2D eigenvalue weighted by Gasteiger charge is -2.26. The van der Waals surface area contributed by atoms with E-state index in [9.17, 15) is 14.7 Å². The van der Waals surface area contributed by atoms with Gasteiger partial charge in [-0.2, -0.15) is 0 Å². The van der Waals surface area contributed by atoms with Crippen LogP contribution in [-0.2, 0) is 16.1 Å². The van der Waals surface area contributed by atoms with E-state index in [-0.39, 0.29) is 17.9 Å². The second kappa shape index (κ2) is 8.83. The maximum atomic E-state index is 13.1. The van der Waals surface area contributed by atoms with Crippen LogP contribution in [0.25, 0.3) is 5.76 Å². The molecule has 1 N–H and O–H groups in total. The zero-order chi connectivity index (χ0) is 22.8. The zero-order valence-electron chi connectivity index (χ0n) is 18.6. The molecule has 0 unspecified atom stereocenters. The molecule has 0 aliphatic carbocycles. The van der Waals surface area contributed by atoms with Gasteiger partial charge in [-0.05, 0) is 29.5 Å². The van der Waals surface area contributed by atoms with E-state index in [1.807, 2.05) is 73.7 Å². The molecule has 0 aromatic heterocycles. The number of ketones is 1. The number of amides is 1. The van der Waals surface area contributed by atoms with Gasteiger partial charge in [0.15, 0.2) is 0 Å². The van der Waals surface area contributed by atoms with Crippen LogP contribution in [0.1, 0.15) is 53.6 Å². The normalized spacial score (nSPS) is 17.9. The highest BCUT2D eigenvalue weighted by Crippen LogP contribution is 2.40. The predicted octanol–water partition coefficient (Wildman–Crippen LogP) is 5.74. The van der Waals surface area contributed by atoms with Crippen LogP contribution in [0.15, 0.2) is 84.4 Å². The first-order valence-electron chi connectivity index (χ1n) is 10.9. The number of aliphatic hydroxyl groups excluding tert-OH is 1. The summed E-state index contributed by atoms with van der Waals surface area (Å²) in [5.41, 5.74) is 4.61. The van der Waals surface area contributed by atoms with E-state index in [4.69, 9.17) is 0 Å². The average Bonchev–Trinajstić information content (AvgIpc) is 3.05. The maximum Gasteiger partial charge on any atom is 0.295 e. The summed E-state index contributed by atoms with van der Waals surface area (Å²) in [5, 5.41) is 11.1. The molecule has 0 saturated carbocycles. The molecule has 1 amide bonds. The zero-order valence-corrected chi connectivity index (χ0v) is 18.6. The second-order valence-electron chi connectivity index (χ2n) is 8.60. The molecule has 32 heavy (non-hydrogen) atoms. The third kappa shape index (κ3) is 4.09. The largest absolute Gasteiger partial charge is 0.507 e. The van der Waals surface area contributed by atoms with Crippen molar-refractivity contribution in [2.75, 3.05) is 0 Å². The Morgan fingerprint density at radius 3 is 2.12 bits per heavy atom. The molecule has 1 fully saturated rings. The summed E-state index contributed by atoms with van der Waals surface area (Å²) >= 11 is 0. The molecule has 4 rings (SSSR count). The van der Waals surface area contributed by atoms with Gasteiger partial charge in [0.25, 0.3) is 11.7 Å². The van der Waals surface area contributed by atoms with Crippen LogP contribution in [0.3, 0.4) is 0 Å². The number of aryl methyl sites for hydroxylation is 1. The molecule has 4 nitrogen and oxygen atoms in total. The molecule has 3 aromatic carbocycles. The molecule has 1 atom stereocenters. The Morgan fingerprint density at radius 1 is 0.906 bits per heavy atom. The minimum atomic E-state index is -0.656. The van der Waals surface area contributed by atoms with Crippen molar-refractivity contribution in [2.45, 2.75) is 39.3 Å². The Hall–Kier alpha value is -3.66. The van der Waals surface area contributed by atoms with Crippen molar-refractivity contribution in [3.63, 3.8) is 0 Å². The predicted molar refractivity (Wildman–Crippen MR) is 126 cm³/mol. The van der Waals surface area contributed by atoms with Gasteiger partial charge in [-0.1, -0.05) is 98.3 Å². The summed E-state index contributed by atoms with van der Waals surface area (Å²) in [6, 6.07) is 24.2. The van der Waals surface area contributed by atoms with Crippen molar-refractivity contribution in [3.8, 4) is 0 Å². The quantitative estimate of drug-likeness (QED) is 0.322. The van der Waals surface area contributed by atoms with Gasteiger partial charge >= 0.3 is 0 Å². The van der Waals surface area contributed by atoms with Gasteiger partial charge in [0.1, 0.15) is 5.76 Å². The van der Waals surface area contributed by atoms with E-state index in [1.54, 1.807) is 17.0 Å². The van der Waals surface area contributed by atoms with Crippen molar-refractivity contribution in [1.82, 2.24) is 4.90 Å². The molecule has 3 aromatic rings. The standard InChI is InChI=1S/C28H27NO3/c1-18(2)21-13-15-22(16-14-21)25-24(26(30)23-11-9-19(3)10-12-23)27(31)28(32)29(25)17-20-7-5-4-6-8-20/h4-16,18,25,30H,17H2,1-3H3/t25-/m0/s1. The molecule has 1 aliphatic rings. The van der Waals surface area contributed by atoms with E-state index in [0.29, 0.717) is 11.5 Å². The minimum absolute atomic E-state index is 0.132. The first kappa shape index (κ1) is 21.6. The van der Waals surface area contributed by atoms with Gasteiger partial charge in [0, 0.05) is 12.1 Å². The van der Waals surface area contributed by atoms with E-state index in [2.05, 4.69) is 13.8 Å². The van der Waals surface area contributed by atoms with Gasteiger partial charge < -0.3 is 10.0 Å². The van der Waals surface area contributed by atoms with Crippen molar-refractivity contribution >= 4 is 17.4 Å². The number of Topliss-reactive ketones (excluding diaryl/α,β-unsaturated/α-hetero) is 1. The summed E-state index contributed by atoms with van der Waals surface area (Å²) in [7, 11) is 0. The summed E-state index contributed by atoms with van der Waals surface area (Å²) in [4.78, 5) is 27.8. The van der Waals surface area contributed by atoms with E-state index in [1.165, 1.54) is 5.56 Å². The summed E-state index contributed by atoms with van der Waals surface area (Å²) in [6.45, 7) is 6.48. The Labute approximate surface area is 188 Å². The third-order valence-corrected chi connectivity index (χ3v) is 5.98. The number of carbonyl (C=O) groups is 2. The molecule has 162 valence electrons. The molecular formula is C28H27NO3. The maximum absolute atomic E-state index is 13.1. The smallest absolute Gasteiger partial charge is 0.295 e. The molecule has 1 heterocycles. The number of likely N-dealkylation sites (tertiary alicyclic amines) is 1. The van der Waals surface area contributed by atoms with Crippen LogP contribution >= 0.6 is 0 Å². The van der Waals surface area contributed by atoms with Crippen molar-refractivity contribution < 1.29 is 14.7 Å². The number of benzene rings is 3. The molecular weight excluding hydrogens is 398 g/mol. The molecule has 1 aliphatic heterocycles. The molecule has 4 heteroatoms. The van der Waals surface area contributed by atoms with Gasteiger partial charge in [0.05, 0.1) is 11.6 Å². The van der Waals surface area contributed by atoms with E-state index in [0.717, 1.165) is 16.7 Å². The first-order valence-corrected chi connectivity index (χ1v) is 10.9. The number of rotatable bonds is 5. The van der Waals surface area contributed by atoms with Crippen molar-refractivity contribution in [3.05, 3.63) is 112 Å². The van der Waals surface area contributed by atoms with Crippen LogP contribution in [-0.4, -0.2) is 21.7 Å². The van der Waals surface area contributed by atoms with Crippen LogP contribution in [0.4, 0.5) is 0 Å². The Bertz CT molecular complexity index is 1160. The second-order valence-corrected chi connectivity index (χ2v) is 8.60. The highest BCUT2D eigenvalue weighted by atomic mass is 16.3. The average molecular weight is 426 g/mol. The lowest BCUT2D eigenvalue weighted by atomic mass is 9.93. The summed E-state index contributed by atoms with van der Waals surface area (Å²) in [5.74, 6) is -1.03. The van der Waals surface area contributed by atoms with Gasteiger partial charge in [-0.25, -0.2) is 0 Å². The highest BCUT2D eigenvalue weighted by molar-refractivity contribution is 6.46. The number of nitrogens with zero attached hydrogens (tertiary/aromatic N) is 1. The van der Waals surface area contributed by atoms with E-state index < -0.39 is 17.7 Å². The van der Waals surface area contributed by atoms with Crippen LogP contribution in [0, 0.1) is 6.92 Å². The summed E-state index contributed by atoms with van der Waals surface area (Å²) in [6.07, 6.45) is 0. The fourth-order valence-corrected chi connectivity index (χ4v) is 4.10. The van der Waals surface area contributed by atoms with Crippen LogP contribution in [0.2, 0.25) is 0 Å². The summed E-state index contributed by atoms with van der Waals surface area (Å²) < 4.78 is 0. The topological polar surface area (TPSA) is 57.6 Å². The molecule has 0 bridgehead atoms. The fraction of sp³-hybridized carbons (Fsp3) is 0.214. The van der Waals surface area contributed by atoms with Crippen LogP contribution in [0.5, 0.6) is 0 Å². The monoisotopic (exact) mass is 425 g/mol. The first-order chi connectivity index (χ1) is 15.4. The van der Waals surface area contributed by atoms with Gasteiger partial charge in [-0.15, -0.1) is 0 Å². The number of carbonyl (C=O) groups excluding carboxylic acids is 2. The molecule has 0 radical (unpaired) electrons. The van der Waals surface area contributed by atoms with Gasteiger partial charge in [-0.3, -0.25) is 9.59 Å². The van der Waals surface area contributed by atoms with E-state index >= 15 is 0 Å². The number of hydrogen-bond acceptors (Lipinski definition) is 3. The number of hydrogen-bond donors (Lipinski definition) is 1. The Morgan fingerprint density at radius 2 is 1.53 bits per heavy atom. The van der Waals surface area contributed by atoms with Crippen LogP contribution < -0.4 is 0 Å². The third-order valence-electron chi connectivity index (χ3n) is 5.98. The fourth-order valence-electron chi connectivity index (χ4n) is 4.10. The van der Waals surface area contributed by atoms with Crippen molar-refractivity contribution in [1.29, 1.82) is 0 Å².